The third kappa shape index (κ3) is 10.8. The molecular weight excluding hydrogens is 552 g/mol. The summed E-state index contributed by atoms with van der Waals surface area (Å²) < 4.78 is 11.5. The Bertz CT molecular complexity index is 1420. The van der Waals surface area contributed by atoms with Crippen molar-refractivity contribution in [2.24, 2.45) is 0 Å². The van der Waals surface area contributed by atoms with Crippen LogP contribution < -0.4 is 10.1 Å². The molecule has 1 unspecified atom stereocenters. The van der Waals surface area contributed by atoms with Gasteiger partial charge in [0.2, 0.25) is 5.89 Å². The lowest BCUT2D eigenvalue weighted by atomic mass is 9.87. The molecule has 0 radical (unpaired) electrons. The molecule has 0 aliphatic rings. The van der Waals surface area contributed by atoms with E-state index in [9.17, 15) is 14.7 Å². The normalized spacial score (nSPS) is 11.8. The minimum Gasteiger partial charge on any atom is -0.494 e. The van der Waals surface area contributed by atoms with Gasteiger partial charge in [0.25, 0.3) is 0 Å². The van der Waals surface area contributed by atoms with Gasteiger partial charge in [0.15, 0.2) is 0 Å². The van der Waals surface area contributed by atoms with Crippen molar-refractivity contribution in [3.05, 3.63) is 95.7 Å². The molecule has 4 aromatic rings. The molecule has 0 aliphatic heterocycles. The van der Waals surface area contributed by atoms with E-state index in [1.165, 1.54) is 31.2 Å². The number of hydrogen-bond acceptors (Lipinski definition) is 6. The number of rotatable bonds is 14. The number of carbonyl (C=O) groups excluding carboxylic acids is 1. The van der Waals surface area contributed by atoms with Crippen molar-refractivity contribution in [1.29, 1.82) is 0 Å². The summed E-state index contributed by atoms with van der Waals surface area (Å²) in [6.07, 6.45) is 9.02. The van der Waals surface area contributed by atoms with Gasteiger partial charge in [-0.25, -0.2) is 4.98 Å². The fourth-order valence-electron chi connectivity index (χ4n) is 4.55. The second-order valence-corrected chi connectivity index (χ2v) is 11.9. The SMILES string of the molecule is CC(C)(C)c1ccc(C=O)cc1.CCCCCCCOc1ccc(-c2nc(-c3ccc(CC(NC)C(=O)O)cc3)co2)cc1. The first kappa shape index (κ1) is 34.3. The van der Waals surface area contributed by atoms with Crippen molar-refractivity contribution in [1.82, 2.24) is 10.3 Å². The molecule has 0 aliphatic carbocycles. The van der Waals surface area contributed by atoms with E-state index in [4.69, 9.17) is 9.15 Å². The number of ether oxygens (including phenoxy) is 1. The van der Waals surface area contributed by atoms with Crippen LogP contribution in [0.4, 0.5) is 0 Å². The van der Waals surface area contributed by atoms with Crippen LogP contribution in [0.5, 0.6) is 5.75 Å². The third-order valence-corrected chi connectivity index (χ3v) is 7.37. The van der Waals surface area contributed by atoms with E-state index >= 15 is 0 Å². The number of unbranched alkanes of at least 4 members (excludes halogenated alkanes) is 4. The van der Waals surface area contributed by atoms with Gasteiger partial charge in [-0.15, -0.1) is 0 Å². The number of oxazole rings is 1. The van der Waals surface area contributed by atoms with Crippen molar-refractivity contribution in [3.63, 3.8) is 0 Å². The van der Waals surface area contributed by atoms with Crippen molar-refractivity contribution in [2.45, 2.75) is 77.7 Å². The van der Waals surface area contributed by atoms with Gasteiger partial charge in [-0.05, 0) is 60.7 Å². The summed E-state index contributed by atoms with van der Waals surface area (Å²) >= 11 is 0. The predicted molar refractivity (Wildman–Crippen MR) is 176 cm³/mol. The van der Waals surface area contributed by atoms with Crippen LogP contribution >= 0.6 is 0 Å². The van der Waals surface area contributed by atoms with E-state index in [0.717, 1.165) is 53.0 Å². The topological polar surface area (TPSA) is 102 Å². The quantitative estimate of drug-likeness (QED) is 0.111. The first-order valence-corrected chi connectivity index (χ1v) is 15.4. The van der Waals surface area contributed by atoms with Crippen LogP contribution in [0.2, 0.25) is 0 Å². The van der Waals surface area contributed by atoms with E-state index in [2.05, 4.69) is 38.0 Å². The number of hydrogen-bond donors (Lipinski definition) is 2. The number of likely N-dealkylation sites (N-methyl/N-ethyl adjacent to an activating group) is 1. The van der Waals surface area contributed by atoms with Gasteiger partial charge in [-0.2, -0.15) is 0 Å². The Hall–Kier alpha value is -4.23. The average molecular weight is 599 g/mol. The highest BCUT2D eigenvalue weighted by molar-refractivity contribution is 5.75. The van der Waals surface area contributed by atoms with Crippen LogP contribution in [0.25, 0.3) is 22.7 Å². The summed E-state index contributed by atoms with van der Waals surface area (Å²) in [4.78, 5) is 26.2. The second kappa shape index (κ2) is 17.2. The Kier molecular flexibility index (Phi) is 13.4. The number of aliphatic carboxylic acids is 1. The summed E-state index contributed by atoms with van der Waals surface area (Å²) in [6, 6.07) is 22.6. The lowest BCUT2D eigenvalue weighted by Crippen LogP contribution is -2.35. The molecule has 0 bridgehead atoms. The molecule has 0 saturated carbocycles. The van der Waals surface area contributed by atoms with Gasteiger partial charge in [0, 0.05) is 16.7 Å². The maximum absolute atomic E-state index is 11.2. The van der Waals surface area contributed by atoms with E-state index in [1.807, 2.05) is 72.8 Å². The summed E-state index contributed by atoms with van der Waals surface area (Å²) in [5.74, 6) is 0.547. The number of nitrogens with zero attached hydrogens (tertiary/aromatic N) is 1. The zero-order valence-corrected chi connectivity index (χ0v) is 26.6. The van der Waals surface area contributed by atoms with Crippen molar-refractivity contribution in [3.8, 4) is 28.5 Å². The fourth-order valence-corrected chi connectivity index (χ4v) is 4.55. The van der Waals surface area contributed by atoms with Crippen LogP contribution in [0, 0.1) is 0 Å². The van der Waals surface area contributed by atoms with Crippen LogP contribution in [0.1, 0.15) is 81.3 Å². The molecule has 3 aromatic carbocycles. The maximum Gasteiger partial charge on any atom is 0.321 e. The van der Waals surface area contributed by atoms with Crippen LogP contribution in [0.3, 0.4) is 0 Å². The lowest BCUT2D eigenvalue weighted by molar-refractivity contribution is -0.139. The molecule has 7 heteroatoms. The monoisotopic (exact) mass is 598 g/mol. The second-order valence-electron chi connectivity index (χ2n) is 11.9. The number of carboxylic acids is 1. The van der Waals surface area contributed by atoms with E-state index in [0.29, 0.717) is 12.3 Å². The largest absolute Gasteiger partial charge is 0.494 e. The molecule has 234 valence electrons. The van der Waals surface area contributed by atoms with Gasteiger partial charge in [-0.1, -0.05) is 102 Å². The Balaban J connectivity index is 0.000000369. The summed E-state index contributed by atoms with van der Waals surface area (Å²) in [6.45, 7) is 9.42. The van der Waals surface area contributed by atoms with E-state index in [-0.39, 0.29) is 5.41 Å². The smallest absolute Gasteiger partial charge is 0.321 e. The van der Waals surface area contributed by atoms with Gasteiger partial charge in [0.05, 0.1) is 6.61 Å². The summed E-state index contributed by atoms with van der Waals surface area (Å²) in [5, 5.41) is 12.0. The molecule has 0 spiro atoms. The molecule has 2 N–H and O–H groups in total. The molecule has 0 fully saturated rings. The molecular formula is C37H46N2O5. The maximum atomic E-state index is 11.2. The Labute approximate surface area is 261 Å². The highest BCUT2D eigenvalue weighted by atomic mass is 16.5. The first-order chi connectivity index (χ1) is 21.1. The molecule has 1 aromatic heterocycles. The zero-order valence-electron chi connectivity index (χ0n) is 26.6. The minimum atomic E-state index is -0.860. The third-order valence-electron chi connectivity index (χ3n) is 7.37. The summed E-state index contributed by atoms with van der Waals surface area (Å²) in [7, 11) is 1.65. The van der Waals surface area contributed by atoms with Gasteiger partial charge < -0.3 is 19.6 Å². The van der Waals surface area contributed by atoms with Crippen LogP contribution in [-0.2, 0) is 16.6 Å². The molecule has 0 saturated heterocycles. The van der Waals surface area contributed by atoms with Crippen LogP contribution in [0.15, 0.2) is 83.5 Å². The standard InChI is InChI=1S/C26H32N2O4.C11H14O/c1-3-4-5-6-7-16-31-22-14-12-21(13-15-22)25-28-24(18-32-25)20-10-8-19(9-11-20)17-23(27-2)26(29)30;1-11(2,3)10-6-4-9(8-12)5-7-10/h8-15,18,23,27H,3-7,16-17H2,1-2H3,(H,29,30);4-8H,1-3H3. The predicted octanol–water partition coefficient (Wildman–Crippen LogP) is 8.37. The highest BCUT2D eigenvalue weighted by Gasteiger charge is 2.16. The molecule has 7 nitrogen and oxygen atoms in total. The number of aldehydes is 1. The first-order valence-electron chi connectivity index (χ1n) is 15.4. The van der Waals surface area contributed by atoms with Crippen molar-refractivity contribution < 1.29 is 23.8 Å². The van der Waals surface area contributed by atoms with Gasteiger partial charge >= 0.3 is 5.97 Å². The molecule has 1 atom stereocenters. The number of aromatic nitrogens is 1. The molecule has 1 heterocycles. The average Bonchev–Trinajstić information content (AvgIpc) is 3.52. The van der Waals surface area contributed by atoms with Crippen molar-refractivity contribution in [2.75, 3.05) is 13.7 Å². The van der Waals surface area contributed by atoms with E-state index < -0.39 is 12.0 Å². The molecule has 4 rings (SSSR count). The Morgan fingerprint density at radius 3 is 2.14 bits per heavy atom. The highest BCUT2D eigenvalue weighted by Crippen LogP contribution is 2.27. The fraction of sp³-hybridized carbons (Fsp3) is 0.378. The zero-order chi connectivity index (χ0) is 32.0. The number of carbonyl (C=O) groups is 2. The van der Waals surface area contributed by atoms with Gasteiger partial charge in [-0.3, -0.25) is 9.59 Å². The molecule has 44 heavy (non-hydrogen) atoms. The van der Waals surface area contributed by atoms with E-state index in [1.54, 1.807) is 13.3 Å². The Morgan fingerprint density at radius 2 is 1.57 bits per heavy atom. The number of benzene rings is 3. The number of nitrogens with one attached hydrogen (secondary N) is 1. The Morgan fingerprint density at radius 1 is 0.932 bits per heavy atom. The number of carboxylic acid groups (broad SMARTS) is 1. The van der Waals surface area contributed by atoms with Crippen LogP contribution in [-0.4, -0.2) is 42.0 Å². The lowest BCUT2D eigenvalue weighted by Gasteiger charge is -2.18. The minimum absolute atomic E-state index is 0.168. The molecule has 0 amide bonds. The van der Waals surface area contributed by atoms with Crippen molar-refractivity contribution >= 4 is 12.3 Å². The summed E-state index contributed by atoms with van der Waals surface area (Å²) in [5.41, 5.74) is 5.66. The van der Waals surface area contributed by atoms with Gasteiger partial charge in [0.1, 0.15) is 30.0 Å².